The van der Waals surface area contributed by atoms with Crippen LogP contribution in [0.3, 0.4) is 0 Å². The van der Waals surface area contributed by atoms with Crippen molar-refractivity contribution in [2.45, 2.75) is 45.6 Å². The summed E-state index contributed by atoms with van der Waals surface area (Å²) in [7, 11) is 0. The summed E-state index contributed by atoms with van der Waals surface area (Å²) in [5.41, 5.74) is 2.03. The number of imidazole rings is 1. The zero-order valence-corrected chi connectivity index (χ0v) is 13.9. The van der Waals surface area contributed by atoms with Gasteiger partial charge in [0.2, 0.25) is 0 Å². The largest absolute Gasteiger partial charge is 0.331 e. The molecule has 3 rings (SSSR count). The van der Waals surface area contributed by atoms with Crippen molar-refractivity contribution in [3.63, 3.8) is 0 Å². The van der Waals surface area contributed by atoms with Crippen molar-refractivity contribution in [3.05, 3.63) is 27.2 Å². The lowest BCUT2D eigenvalue weighted by Gasteiger charge is -2.34. The fourth-order valence-corrected chi connectivity index (χ4v) is 3.87. The minimum absolute atomic E-state index is 0.242. The maximum absolute atomic E-state index is 13.8. The van der Waals surface area contributed by atoms with Crippen molar-refractivity contribution in [3.8, 4) is 0 Å². The van der Waals surface area contributed by atoms with Gasteiger partial charge < -0.3 is 9.55 Å². The fraction of sp³-hybridized carbons (Fsp3) is 0.533. The van der Waals surface area contributed by atoms with E-state index in [1.165, 1.54) is 32.1 Å². The first-order chi connectivity index (χ1) is 9.48. The van der Waals surface area contributed by atoms with Gasteiger partial charge in [0.05, 0.1) is 15.5 Å². The predicted octanol–water partition coefficient (Wildman–Crippen LogP) is 5.57. The van der Waals surface area contributed by atoms with Gasteiger partial charge in [0.25, 0.3) is 0 Å². The van der Waals surface area contributed by atoms with Crippen LogP contribution < -0.4 is 0 Å². The molecule has 0 bridgehead atoms. The molecule has 1 fully saturated rings. The van der Waals surface area contributed by atoms with E-state index in [2.05, 4.69) is 32.4 Å². The molecule has 0 radical (unpaired) electrons. The van der Waals surface area contributed by atoms with Gasteiger partial charge in [-0.15, -0.1) is 0 Å². The van der Waals surface area contributed by atoms with E-state index in [4.69, 9.17) is 12.2 Å². The zero-order chi connectivity index (χ0) is 14.3. The van der Waals surface area contributed by atoms with Crippen LogP contribution in [-0.2, 0) is 6.54 Å². The van der Waals surface area contributed by atoms with Crippen molar-refractivity contribution < 1.29 is 4.39 Å². The highest BCUT2D eigenvalue weighted by atomic mass is 79.9. The van der Waals surface area contributed by atoms with Gasteiger partial charge in [-0.2, -0.15) is 0 Å². The van der Waals surface area contributed by atoms with Crippen LogP contribution in [0.1, 0.15) is 39.0 Å². The van der Waals surface area contributed by atoms with Crippen LogP contribution >= 0.6 is 28.1 Å². The predicted molar refractivity (Wildman–Crippen MR) is 86.0 cm³/mol. The SMILES string of the molecule is CC1(Cn2c(=S)[nH]c3cc(Br)c(F)cc32)CCCCC1. The van der Waals surface area contributed by atoms with Crippen molar-refractivity contribution in [1.82, 2.24) is 9.55 Å². The van der Waals surface area contributed by atoms with Gasteiger partial charge in [0.1, 0.15) is 5.82 Å². The highest BCUT2D eigenvalue weighted by molar-refractivity contribution is 9.10. The lowest BCUT2D eigenvalue weighted by Crippen LogP contribution is -2.26. The summed E-state index contributed by atoms with van der Waals surface area (Å²) < 4.78 is 17.0. The zero-order valence-electron chi connectivity index (χ0n) is 11.5. The topological polar surface area (TPSA) is 20.7 Å². The molecule has 1 aromatic carbocycles. The van der Waals surface area contributed by atoms with E-state index < -0.39 is 0 Å². The Morgan fingerprint density at radius 3 is 2.75 bits per heavy atom. The number of nitrogens with zero attached hydrogens (tertiary/aromatic N) is 1. The number of fused-ring (bicyclic) bond motifs is 1. The quantitative estimate of drug-likeness (QED) is 0.697. The second-order valence-electron chi connectivity index (χ2n) is 6.17. The molecule has 1 aliphatic rings. The van der Waals surface area contributed by atoms with Gasteiger partial charge in [0.15, 0.2) is 4.77 Å². The minimum atomic E-state index is -0.242. The Hall–Kier alpha value is -0.680. The molecule has 1 aliphatic carbocycles. The van der Waals surface area contributed by atoms with E-state index in [1.807, 2.05) is 0 Å². The maximum Gasteiger partial charge on any atom is 0.178 e. The number of aromatic amines is 1. The normalized spacial score (nSPS) is 18.6. The molecule has 0 saturated heterocycles. The van der Waals surface area contributed by atoms with E-state index in [9.17, 15) is 4.39 Å². The maximum atomic E-state index is 13.8. The van der Waals surface area contributed by atoms with Crippen LogP contribution in [0.4, 0.5) is 4.39 Å². The van der Waals surface area contributed by atoms with Gasteiger partial charge in [0, 0.05) is 12.6 Å². The Morgan fingerprint density at radius 1 is 1.35 bits per heavy atom. The highest BCUT2D eigenvalue weighted by Crippen LogP contribution is 2.38. The van der Waals surface area contributed by atoms with Gasteiger partial charge in [-0.1, -0.05) is 26.2 Å². The average Bonchev–Trinajstić information content (AvgIpc) is 2.67. The summed E-state index contributed by atoms with van der Waals surface area (Å²) in [5, 5.41) is 0. The molecular weight excluding hydrogens is 339 g/mol. The van der Waals surface area contributed by atoms with Crippen molar-refractivity contribution >= 4 is 39.2 Å². The van der Waals surface area contributed by atoms with Gasteiger partial charge in [-0.25, -0.2) is 4.39 Å². The molecule has 0 spiro atoms. The summed E-state index contributed by atoms with van der Waals surface area (Å²) in [6.07, 6.45) is 6.34. The van der Waals surface area contributed by atoms with Gasteiger partial charge >= 0.3 is 0 Å². The number of benzene rings is 1. The molecule has 0 atom stereocenters. The molecule has 0 unspecified atom stereocenters. The van der Waals surface area contributed by atoms with Crippen LogP contribution in [0.25, 0.3) is 11.0 Å². The summed E-state index contributed by atoms with van der Waals surface area (Å²) in [6, 6.07) is 3.33. The summed E-state index contributed by atoms with van der Waals surface area (Å²) in [5.74, 6) is -0.242. The minimum Gasteiger partial charge on any atom is -0.331 e. The second-order valence-corrected chi connectivity index (χ2v) is 7.41. The number of hydrogen-bond donors (Lipinski definition) is 1. The Bertz CT molecular complexity index is 698. The Kier molecular flexibility index (Phi) is 3.75. The average molecular weight is 357 g/mol. The van der Waals surface area contributed by atoms with Crippen LogP contribution in [0.15, 0.2) is 16.6 Å². The van der Waals surface area contributed by atoms with Crippen molar-refractivity contribution in [1.29, 1.82) is 0 Å². The van der Waals surface area contributed by atoms with E-state index in [0.717, 1.165) is 17.6 Å². The molecule has 1 aromatic heterocycles. The molecule has 2 aromatic rings. The smallest absolute Gasteiger partial charge is 0.178 e. The third kappa shape index (κ3) is 2.58. The standard InChI is InChI=1S/C15H18BrFN2S/c1-15(5-3-2-4-6-15)9-19-13-8-11(17)10(16)7-12(13)18-14(19)20/h7-8H,2-6,9H2,1H3,(H,18,20). The van der Waals surface area contributed by atoms with Gasteiger partial charge in [-0.05, 0) is 52.5 Å². The van der Waals surface area contributed by atoms with E-state index in [1.54, 1.807) is 12.1 Å². The molecule has 108 valence electrons. The summed E-state index contributed by atoms with van der Waals surface area (Å²) >= 11 is 8.65. The van der Waals surface area contributed by atoms with Crippen LogP contribution in [0.2, 0.25) is 0 Å². The van der Waals surface area contributed by atoms with Crippen LogP contribution in [-0.4, -0.2) is 9.55 Å². The first-order valence-electron chi connectivity index (χ1n) is 7.06. The monoisotopic (exact) mass is 356 g/mol. The number of aromatic nitrogens is 2. The Balaban J connectivity index is 2.04. The summed E-state index contributed by atoms with van der Waals surface area (Å²) in [4.78, 5) is 3.18. The molecule has 2 nitrogen and oxygen atoms in total. The molecule has 5 heteroatoms. The first-order valence-corrected chi connectivity index (χ1v) is 8.26. The molecule has 0 aliphatic heterocycles. The molecule has 1 heterocycles. The number of nitrogens with one attached hydrogen (secondary N) is 1. The number of rotatable bonds is 2. The Morgan fingerprint density at radius 2 is 2.05 bits per heavy atom. The second kappa shape index (κ2) is 5.26. The number of H-pyrrole nitrogens is 1. The van der Waals surface area contributed by atoms with E-state index in [0.29, 0.717) is 9.24 Å². The third-order valence-corrected chi connectivity index (χ3v) is 5.35. The fourth-order valence-electron chi connectivity index (χ4n) is 3.25. The highest BCUT2D eigenvalue weighted by Gasteiger charge is 2.28. The molecule has 1 N–H and O–H groups in total. The Labute approximate surface area is 131 Å². The molecular formula is C15H18BrFN2S. The summed E-state index contributed by atoms with van der Waals surface area (Å²) in [6.45, 7) is 3.19. The van der Waals surface area contributed by atoms with Crippen LogP contribution in [0, 0.1) is 16.0 Å². The third-order valence-electron chi connectivity index (χ3n) is 4.42. The van der Waals surface area contributed by atoms with Crippen molar-refractivity contribution in [2.75, 3.05) is 0 Å². The van der Waals surface area contributed by atoms with Gasteiger partial charge in [-0.3, -0.25) is 0 Å². The number of hydrogen-bond acceptors (Lipinski definition) is 1. The van der Waals surface area contributed by atoms with Crippen molar-refractivity contribution in [2.24, 2.45) is 5.41 Å². The first kappa shape index (κ1) is 14.3. The molecule has 1 saturated carbocycles. The van der Waals surface area contributed by atoms with E-state index in [-0.39, 0.29) is 11.2 Å². The lowest BCUT2D eigenvalue weighted by molar-refractivity contribution is 0.184. The molecule has 0 amide bonds. The number of halogens is 2. The molecule has 20 heavy (non-hydrogen) atoms. The van der Waals surface area contributed by atoms with E-state index >= 15 is 0 Å². The lowest BCUT2D eigenvalue weighted by atomic mass is 9.75. The van der Waals surface area contributed by atoms with Crippen LogP contribution in [0.5, 0.6) is 0 Å².